The first kappa shape index (κ1) is 12.3. The molecule has 2 aliphatic rings. The monoisotopic (exact) mass is 226 g/mol. The molecule has 2 atom stereocenters. The zero-order valence-corrected chi connectivity index (χ0v) is 10.4. The van der Waals surface area contributed by atoms with Crippen molar-refractivity contribution in [1.82, 2.24) is 4.90 Å². The van der Waals surface area contributed by atoms with Crippen LogP contribution >= 0.6 is 0 Å². The van der Waals surface area contributed by atoms with Crippen molar-refractivity contribution >= 4 is 0 Å². The molecule has 16 heavy (non-hydrogen) atoms. The minimum atomic E-state index is 0.197. The summed E-state index contributed by atoms with van der Waals surface area (Å²) in [4.78, 5) is 2.49. The second-order valence-electron chi connectivity index (χ2n) is 5.49. The van der Waals surface area contributed by atoms with Crippen LogP contribution in [0.4, 0.5) is 0 Å². The molecule has 0 radical (unpaired) electrons. The van der Waals surface area contributed by atoms with E-state index in [2.05, 4.69) is 11.8 Å². The van der Waals surface area contributed by atoms with Crippen molar-refractivity contribution in [2.75, 3.05) is 13.2 Å². The minimum absolute atomic E-state index is 0.197. The second kappa shape index (κ2) is 5.48. The summed E-state index contributed by atoms with van der Waals surface area (Å²) < 4.78 is 0. The first-order chi connectivity index (χ1) is 7.77. The lowest BCUT2D eigenvalue weighted by Crippen LogP contribution is -2.52. The maximum Gasteiger partial charge on any atom is 0.0602 e. The number of nitrogens with zero attached hydrogens (tertiary/aromatic N) is 1. The van der Waals surface area contributed by atoms with Gasteiger partial charge in [0.1, 0.15) is 0 Å². The van der Waals surface area contributed by atoms with Crippen LogP contribution in [0.3, 0.4) is 0 Å². The molecule has 2 aliphatic carbocycles. The summed E-state index contributed by atoms with van der Waals surface area (Å²) in [6.07, 6.45) is 7.59. The number of unbranched alkanes of at least 4 members (excludes halogenated alkanes) is 1. The van der Waals surface area contributed by atoms with Crippen LogP contribution in [0.5, 0.6) is 0 Å². The first-order valence-electron chi connectivity index (χ1n) is 6.90. The van der Waals surface area contributed by atoms with Gasteiger partial charge in [-0.05, 0) is 44.6 Å². The van der Waals surface area contributed by atoms with E-state index in [9.17, 15) is 5.11 Å². The molecular weight excluding hydrogens is 200 g/mol. The van der Waals surface area contributed by atoms with Gasteiger partial charge in [-0.15, -0.1) is 0 Å². The third-order valence-corrected chi connectivity index (χ3v) is 4.01. The topological polar surface area (TPSA) is 49.5 Å². The Morgan fingerprint density at radius 2 is 2.00 bits per heavy atom. The van der Waals surface area contributed by atoms with Gasteiger partial charge in [0, 0.05) is 18.1 Å². The van der Waals surface area contributed by atoms with E-state index < -0.39 is 0 Å². The molecule has 0 aromatic carbocycles. The molecule has 2 rings (SSSR count). The Bertz CT molecular complexity index is 214. The normalized spacial score (nSPS) is 24.8. The fourth-order valence-corrected chi connectivity index (χ4v) is 2.61. The molecule has 3 heteroatoms. The van der Waals surface area contributed by atoms with Crippen molar-refractivity contribution in [3.05, 3.63) is 0 Å². The predicted molar refractivity (Wildman–Crippen MR) is 66.2 cm³/mol. The summed E-state index contributed by atoms with van der Waals surface area (Å²) in [7, 11) is 0. The highest BCUT2D eigenvalue weighted by atomic mass is 16.3. The van der Waals surface area contributed by atoms with Crippen LogP contribution in [0.15, 0.2) is 0 Å². The van der Waals surface area contributed by atoms with Gasteiger partial charge in [-0.25, -0.2) is 0 Å². The molecule has 0 heterocycles. The SMILES string of the molecule is CCCCN(C1CC1)C(CO)C(N)C1CC1. The Labute approximate surface area is 99.0 Å². The molecule has 0 spiro atoms. The zero-order valence-electron chi connectivity index (χ0n) is 10.4. The van der Waals surface area contributed by atoms with Gasteiger partial charge < -0.3 is 10.8 Å². The van der Waals surface area contributed by atoms with Crippen molar-refractivity contribution < 1.29 is 5.11 Å². The van der Waals surface area contributed by atoms with Gasteiger partial charge in [0.15, 0.2) is 0 Å². The molecule has 2 fully saturated rings. The Morgan fingerprint density at radius 3 is 2.44 bits per heavy atom. The van der Waals surface area contributed by atoms with Crippen molar-refractivity contribution in [3.63, 3.8) is 0 Å². The Hall–Kier alpha value is -0.120. The molecule has 0 aromatic rings. The third-order valence-electron chi connectivity index (χ3n) is 4.01. The maximum atomic E-state index is 9.60. The van der Waals surface area contributed by atoms with E-state index in [-0.39, 0.29) is 18.7 Å². The number of rotatable bonds is 8. The molecular formula is C13H26N2O. The van der Waals surface area contributed by atoms with Crippen LogP contribution in [-0.2, 0) is 0 Å². The number of hydrogen-bond acceptors (Lipinski definition) is 3. The van der Waals surface area contributed by atoms with Crippen LogP contribution in [0.25, 0.3) is 0 Å². The summed E-state index contributed by atoms with van der Waals surface area (Å²) in [5.74, 6) is 0.681. The molecule has 0 amide bonds. The standard InChI is InChI=1S/C13H26N2O/c1-2-3-8-15(11-6-7-11)12(9-16)13(14)10-4-5-10/h10-13,16H,2-9,14H2,1H3. The van der Waals surface area contributed by atoms with Crippen molar-refractivity contribution in [2.24, 2.45) is 11.7 Å². The molecule has 0 aliphatic heterocycles. The summed E-state index contributed by atoms with van der Waals surface area (Å²) in [6.45, 7) is 3.57. The van der Waals surface area contributed by atoms with Gasteiger partial charge in [0.25, 0.3) is 0 Å². The second-order valence-corrected chi connectivity index (χ2v) is 5.49. The number of aliphatic hydroxyl groups is 1. The minimum Gasteiger partial charge on any atom is -0.395 e. The maximum absolute atomic E-state index is 9.60. The lowest BCUT2D eigenvalue weighted by Gasteiger charge is -2.34. The quantitative estimate of drug-likeness (QED) is 0.657. The van der Waals surface area contributed by atoms with Crippen LogP contribution in [0.1, 0.15) is 45.4 Å². The Morgan fingerprint density at radius 1 is 1.31 bits per heavy atom. The summed E-state index contributed by atoms with van der Waals surface area (Å²) >= 11 is 0. The van der Waals surface area contributed by atoms with Crippen molar-refractivity contribution in [2.45, 2.75) is 63.6 Å². The summed E-state index contributed by atoms with van der Waals surface area (Å²) in [6, 6.07) is 1.13. The highest BCUT2D eigenvalue weighted by Crippen LogP contribution is 2.37. The molecule has 0 saturated heterocycles. The Kier molecular flexibility index (Phi) is 4.22. The van der Waals surface area contributed by atoms with E-state index in [0.717, 1.165) is 6.54 Å². The van der Waals surface area contributed by atoms with Crippen LogP contribution < -0.4 is 5.73 Å². The number of aliphatic hydroxyl groups excluding tert-OH is 1. The average Bonchev–Trinajstić information content (AvgIpc) is 3.17. The van der Waals surface area contributed by atoms with Gasteiger partial charge in [-0.2, -0.15) is 0 Å². The average molecular weight is 226 g/mol. The Balaban J connectivity index is 1.91. The largest absolute Gasteiger partial charge is 0.395 e. The fraction of sp³-hybridized carbons (Fsp3) is 1.00. The predicted octanol–water partition coefficient (Wildman–Crippen LogP) is 1.35. The van der Waals surface area contributed by atoms with Gasteiger partial charge in [-0.3, -0.25) is 4.90 Å². The molecule has 3 nitrogen and oxygen atoms in total. The first-order valence-corrected chi connectivity index (χ1v) is 6.90. The number of hydrogen-bond donors (Lipinski definition) is 2. The van der Waals surface area contributed by atoms with Gasteiger partial charge in [0.05, 0.1) is 6.61 Å². The van der Waals surface area contributed by atoms with Crippen LogP contribution in [-0.4, -0.2) is 41.3 Å². The van der Waals surface area contributed by atoms with Crippen LogP contribution in [0, 0.1) is 5.92 Å². The van der Waals surface area contributed by atoms with Crippen molar-refractivity contribution in [3.8, 4) is 0 Å². The molecule has 2 saturated carbocycles. The number of nitrogens with two attached hydrogens (primary N) is 1. The molecule has 3 N–H and O–H groups in total. The lowest BCUT2D eigenvalue weighted by molar-refractivity contribution is 0.0900. The van der Waals surface area contributed by atoms with Gasteiger partial charge in [-0.1, -0.05) is 13.3 Å². The zero-order chi connectivity index (χ0) is 11.5. The van der Waals surface area contributed by atoms with Gasteiger partial charge in [0.2, 0.25) is 0 Å². The van der Waals surface area contributed by atoms with E-state index in [1.165, 1.54) is 38.5 Å². The van der Waals surface area contributed by atoms with Crippen molar-refractivity contribution in [1.29, 1.82) is 0 Å². The van der Waals surface area contributed by atoms with E-state index >= 15 is 0 Å². The van der Waals surface area contributed by atoms with E-state index in [1.54, 1.807) is 0 Å². The third kappa shape index (κ3) is 2.96. The highest BCUT2D eigenvalue weighted by molar-refractivity contribution is 4.97. The fourth-order valence-electron chi connectivity index (χ4n) is 2.61. The van der Waals surface area contributed by atoms with Crippen LogP contribution in [0.2, 0.25) is 0 Å². The molecule has 2 unspecified atom stereocenters. The lowest BCUT2D eigenvalue weighted by atomic mass is 10.0. The molecule has 0 aromatic heterocycles. The molecule has 0 bridgehead atoms. The molecule has 94 valence electrons. The smallest absolute Gasteiger partial charge is 0.0602 e. The van der Waals surface area contributed by atoms with E-state index in [4.69, 9.17) is 5.73 Å². The van der Waals surface area contributed by atoms with E-state index in [0.29, 0.717) is 12.0 Å². The summed E-state index contributed by atoms with van der Waals surface area (Å²) in [5.41, 5.74) is 6.27. The highest BCUT2D eigenvalue weighted by Gasteiger charge is 2.40. The summed E-state index contributed by atoms with van der Waals surface area (Å²) in [5, 5.41) is 9.60. The van der Waals surface area contributed by atoms with E-state index in [1.807, 2.05) is 0 Å². The van der Waals surface area contributed by atoms with Gasteiger partial charge >= 0.3 is 0 Å².